The Kier molecular flexibility index (Phi) is 10.5. The lowest BCUT2D eigenvalue weighted by atomic mass is 10.1. The van der Waals surface area contributed by atoms with E-state index in [2.05, 4.69) is 17.1 Å². The molecule has 0 aromatic carbocycles. The van der Waals surface area contributed by atoms with E-state index in [9.17, 15) is 5.11 Å². The Bertz CT molecular complexity index is 370. The van der Waals surface area contributed by atoms with Crippen molar-refractivity contribution < 1.29 is 14.6 Å². The minimum absolute atomic E-state index is 0. The fourth-order valence-corrected chi connectivity index (χ4v) is 2.90. The molecule has 0 aromatic heterocycles. The number of ether oxygens (including phenoxy) is 2. The van der Waals surface area contributed by atoms with Crippen molar-refractivity contribution in [3.63, 3.8) is 0 Å². The fraction of sp³-hybridized carbons (Fsp3) is 0.941. The Morgan fingerprint density at radius 1 is 1.29 bits per heavy atom. The van der Waals surface area contributed by atoms with Crippen LogP contribution in [0.4, 0.5) is 0 Å². The Morgan fingerprint density at radius 2 is 2.00 bits per heavy atom. The lowest BCUT2D eigenvalue weighted by Gasteiger charge is -2.34. The van der Waals surface area contributed by atoms with Gasteiger partial charge in [-0.05, 0) is 39.0 Å². The van der Waals surface area contributed by atoms with Gasteiger partial charge in [0.05, 0.1) is 19.3 Å². The van der Waals surface area contributed by atoms with Crippen molar-refractivity contribution in [1.82, 2.24) is 10.2 Å². The molecule has 2 rings (SSSR count). The average molecular weight is 455 g/mol. The lowest BCUT2D eigenvalue weighted by Crippen LogP contribution is -2.47. The molecular weight excluding hydrogens is 421 g/mol. The van der Waals surface area contributed by atoms with E-state index in [1.165, 1.54) is 0 Å². The Labute approximate surface area is 163 Å². The predicted molar refractivity (Wildman–Crippen MR) is 107 cm³/mol. The highest BCUT2D eigenvalue weighted by Gasteiger charge is 2.42. The summed E-state index contributed by atoms with van der Waals surface area (Å²) >= 11 is 0. The van der Waals surface area contributed by atoms with Gasteiger partial charge in [-0.1, -0.05) is 0 Å². The van der Waals surface area contributed by atoms with E-state index in [1.807, 2.05) is 0 Å². The Balaban J connectivity index is 0.00000288. The van der Waals surface area contributed by atoms with Gasteiger partial charge in [0.15, 0.2) is 5.96 Å². The van der Waals surface area contributed by atoms with Crippen molar-refractivity contribution in [3.05, 3.63) is 0 Å². The normalized spacial score (nSPS) is 20.6. The minimum Gasteiger partial charge on any atom is -0.396 e. The number of hydrogen-bond acceptors (Lipinski definition) is 4. The van der Waals surface area contributed by atoms with Crippen LogP contribution in [-0.2, 0) is 9.47 Å². The molecule has 0 aromatic rings. The van der Waals surface area contributed by atoms with E-state index in [4.69, 9.17) is 14.5 Å². The van der Waals surface area contributed by atoms with Gasteiger partial charge in [-0.15, -0.1) is 24.0 Å². The molecule has 2 aliphatic rings. The molecule has 6 nitrogen and oxygen atoms in total. The smallest absolute Gasteiger partial charge is 0.193 e. The molecule has 7 heteroatoms. The van der Waals surface area contributed by atoms with Crippen LogP contribution in [0.25, 0.3) is 0 Å². The van der Waals surface area contributed by atoms with Crippen molar-refractivity contribution in [2.24, 2.45) is 10.4 Å². The minimum atomic E-state index is 0. The van der Waals surface area contributed by atoms with Crippen LogP contribution >= 0.6 is 24.0 Å². The molecule has 1 saturated heterocycles. The van der Waals surface area contributed by atoms with Crippen LogP contribution in [0, 0.1) is 5.41 Å². The van der Waals surface area contributed by atoms with E-state index >= 15 is 0 Å². The maximum atomic E-state index is 9.44. The first-order chi connectivity index (χ1) is 11.2. The third-order valence-corrected chi connectivity index (χ3v) is 4.78. The molecular formula is C17H34IN3O3. The Morgan fingerprint density at radius 3 is 2.54 bits per heavy atom. The third kappa shape index (κ3) is 7.01. The number of methoxy groups -OCH3 is 1. The van der Waals surface area contributed by atoms with Crippen LogP contribution in [0.1, 0.15) is 39.0 Å². The maximum absolute atomic E-state index is 9.44. The van der Waals surface area contributed by atoms with Gasteiger partial charge < -0.3 is 24.8 Å². The molecule has 0 unspecified atom stereocenters. The summed E-state index contributed by atoms with van der Waals surface area (Å²) in [6.07, 6.45) is 5.61. The number of aliphatic hydroxyl groups is 1. The summed E-state index contributed by atoms with van der Waals surface area (Å²) in [6.45, 7) is 7.47. The summed E-state index contributed by atoms with van der Waals surface area (Å²) in [5.41, 5.74) is 0.0729. The summed E-state index contributed by atoms with van der Waals surface area (Å²) < 4.78 is 11.0. The molecule has 0 spiro atoms. The highest BCUT2D eigenvalue weighted by molar-refractivity contribution is 14.0. The molecule has 1 saturated carbocycles. The molecule has 0 amide bonds. The molecule has 142 valence electrons. The molecule has 1 aliphatic carbocycles. The van der Waals surface area contributed by atoms with Crippen LogP contribution in [0.5, 0.6) is 0 Å². The molecule has 0 bridgehead atoms. The maximum Gasteiger partial charge on any atom is 0.193 e. The largest absolute Gasteiger partial charge is 0.396 e. The number of hydrogen-bond donors (Lipinski definition) is 2. The molecule has 1 aliphatic heterocycles. The first-order valence-electron chi connectivity index (χ1n) is 8.97. The number of nitrogens with one attached hydrogen (secondary N) is 1. The van der Waals surface area contributed by atoms with Crippen LogP contribution in [-0.4, -0.2) is 75.2 Å². The summed E-state index contributed by atoms with van der Waals surface area (Å²) in [7, 11) is 1.72. The van der Waals surface area contributed by atoms with Gasteiger partial charge in [0.1, 0.15) is 0 Å². The highest BCUT2D eigenvalue weighted by atomic mass is 127. The van der Waals surface area contributed by atoms with Gasteiger partial charge in [-0.2, -0.15) is 0 Å². The summed E-state index contributed by atoms with van der Waals surface area (Å²) in [5.74, 6) is 0.991. The first-order valence-corrected chi connectivity index (χ1v) is 8.97. The summed E-state index contributed by atoms with van der Waals surface area (Å²) in [6, 6.07) is 0. The SMILES string of the molecule is CCNC(=NCC1(CO)CC1)N1CCC(OCCCOC)CC1.I. The second-order valence-corrected chi connectivity index (χ2v) is 6.73. The van der Waals surface area contributed by atoms with Crippen molar-refractivity contribution in [2.75, 3.05) is 53.1 Å². The zero-order valence-corrected chi connectivity index (χ0v) is 17.5. The highest BCUT2D eigenvalue weighted by Crippen LogP contribution is 2.45. The van der Waals surface area contributed by atoms with E-state index in [1.54, 1.807) is 7.11 Å². The average Bonchev–Trinajstić information content (AvgIpc) is 3.37. The molecule has 0 atom stereocenters. The number of aliphatic imine (C=N–C) groups is 1. The molecule has 2 N–H and O–H groups in total. The van der Waals surface area contributed by atoms with E-state index in [-0.39, 0.29) is 36.0 Å². The summed E-state index contributed by atoms with van der Waals surface area (Å²) in [5, 5.41) is 12.8. The molecule has 24 heavy (non-hydrogen) atoms. The topological polar surface area (TPSA) is 66.3 Å². The number of aliphatic hydroxyl groups excluding tert-OH is 1. The Hall–Kier alpha value is -0.120. The van der Waals surface area contributed by atoms with Gasteiger partial charge in [0.25, 0.3) is 0 Å². The monoisotopic (exact) mass is 455 g/mol. The van der Waals surface area contributed by atoms with E-state index in [0.717, 1.165) is 77.5 Å². The first kappa shape index (κ1) is 21.9. The standard InChI is InChI=1S/C17H33N3O3.HI/c1-3-18-16(19-13-17(14-21)7-8-17)20-9-5-15(6-10-20)23-12-4-11-22-2;/h15,21H,3-14H2,1-2H3,(H,18,19);1H. The lowest BCUT2D eigenvalue weighted by molar-refractivity contribution is 0.00988. The van der Waals surface area contributed by atoms with Gasteiger partial charge in [0.2, 0.25) is 0 Å². The number of guanidine groups is 1. The number of nitrogens with zero attached hydrogens (tertiary/aromatic N) is 2. The number of likely N-dealkylation sites (tertiary alicyclic amines) is 1. The zero-order chi connectivity index (χ0) is 16.5. The molecule has 0 radical (unpaired) electrons. The van der Waals surface area contributed by atoms with E-state index in [0.29, 0.717) is 6.10 Å². The van der Waals surface area contributed by atoms with Crippen LogP contribution in [0.3, 0.4) is 0 Å². The van der Waals surface area contributed by atoms with Gasteiger partial charge in [0, 0.05) is 45.4 Å². The van der Waals surface area contributed by atoms with Gasteiger partial charge in [-0.3, -0.25) is 4.99 Å². The van der Waals surface area contributed by atoms with Gasteiger partial charge in [-0.25, -0.2) is 0 Å². The molecule has 1 heterocycles. The fourth-order valence-electron chi connectivity index (χ4n) is 2.90. The van der Waals surface area contributed by atoms with Crippen LogP contribution in [0.15, 0.2) is 4.99 Å². The van der Waals surface area contributed by atoms with Crippen molar-refractivity contribution in [3.8, 4) is 0 Å². The zero-order valence-electron chi connectivity index (χ0n) is 15.1. The second-order valence-electron chi connectivity index (χ2n) is 6.73. The van der Waals surface area contributed by atoms with Crippen LogP contribution in [0.2, 0.25) is 0 Å². The quantitative estimate of drug-likeness (QED) is 0.241. The van der Waals surface area contributed by atoms with Crippen molar-refractivity contribution in [1.29, 1.82) is 0 Å². The summed E-state index contributed by atoms with van der Waals surface area (Å²) in [4.78, 5) is 7.09. The van der Waals surface area contributed by atoms with E-state index < -0.39 is 0 Å². The third-order valence-electron chi connectivity index (χ3n) is 4.78. The van der Waals surface area contributed by atoms with Crippen molar-refractivity contribution >= 4 is 29.9 Å². The van der Waals surface area contributed by atoms with Gasteiger partial charge >= 0.3 is 0 Å². The van der Waals surface area contributed by atoms with Crippen LogP contribution < -0.4 is 5.32 Å². The second kappa shape index (κ2) is 11.5. The molecule has 2 fully saturated rings. The number of halogens is 1. The predicted octanol–water partition coefficient (Wildman–Crippen LogP) is 1.86. The number of piperidine rings is 1. The van der Waals surface area contributed by atoms with Crippen molar-refractivity contribution in [2.45, 2.75) is 45.1 Å². The number of rotatable bonds is 9.